The molecule has 0 aliphatic heterocycles. The average molecular weight is 270 g/mol. The Kier molecular flexibility index (Phi) is 4.24. The van der Waals surface area contributed by atoms with E-state index in [0.29, 0.717) is 0 Å². The Balaban J connectivity index is 3.02. The van der Waals surface area contributed by atoms with Crippen LogP contribution in [-0.2, 0) is 0 Å². The molecule has 0 aromatic heterocycles. The molecule has 2 atom stereocenters. The first-order valence-corrected chi connectivity index (χ1v) is 5.07. The minimum Gasteiger partial charge on any atom is -0.404 e. The number of benzene rings is 1. The first kappa shape index (κ1) is 14.1. The van der Waals surface area contributed by atoms with E-state index in [2.05, 4.69) is 4.74 Å². The van der Waals surface area contributed by atoms with Gasteiger partial charge in [0.2, 0.25) is 0 Å². The predicted octanol–water partition coefficient (Wildman–Crippen LogP) is 2.62. The Morgan fingerprint density at radius 2 is 2.00 bits per heavy atom. The molecule has 0 aliphatic carbocycles. The Labute approximate surface area is 101 Å². The lowest BCUT2D eigenvalue weighted by Gasteiger charge is -2.17. The molecule has 3 N–H and O–H groups in total. The minimum absolute atomic E-state index is 0.192. The maximum Gasteiger partial charge on any atom is 0.573 e. The van der Waals surface area contributed by atoms with Crippen LogP contribution in [0.25, 0.3) is 0 Å². The molecule has 3 nitrogen and oxygen atoms in total. The van der Waals surface area contributed by atoms with E-state index in [1.165, 1.54) is 19.1 Å². The van der Waals surface area contributed by atoms with Gasteiger partial charge in [-0.25, -0.2) is 0 Å². The van der Waals surface area contributed by atoms with Gasteiger partial charge in [-0.1, -0.05) is 17.7 Å². The fraction of sp³-hybridized carbons (Fsp3) is 0.400. The number of alkyl halides is 3. The number of nitrogens with two attached hydrogens (primary N) is 1. The van der Waals surface area contributed by atoms with Crippen LogP contribution in [0.4, 0.5) is 13.2 Å². The molecule has 7 heteroatoms. The summed E-state index contributed by atoms with van der Waals surface area (Å²) in [7, 11) is 0. The molecule has 96 valence electrons. The molecule has 0 radical (unpaired) electrons. The topological polar surface area (TPSA) is 55.5 Å². The van der Waals surface area contributed by atoms with Gasteiger partial charge in [-0.15, -0.1) is 13.2 Å². The van der Waals surface area contributed by atoms with Crippen molar-refractivity contribution in [3.8, 4) is 5.75 Å². The van der Waals surface area contributed by atoms with Gasteiger partial charge < -0.3 is 15.6 Å². The van der Waals surface area contributed by atoms with E-state index in [9.17, 15) is 18.3 Å². The van der Waals surface area contributed by atoms with Crippen LogP contribution in [0.5, 0.6) is 5.75 Å². The van der Waals surface area contributed by atoms with Crippen molar-refractivity contribution >= 4 is 11.6 Å². The second kappa shape index (κ2) is 5.12. The van der Waals surface area contributed by atoms with E-state index >= 15 is 0 Å². The summed E-state index contributed by atoms with van der Waals surface area (Å²) in [5.74, 6) is -0.559. The minimum atomic E-state index is -4.83. The van der Waals surface area contributed by atoms with E-state index in [4.69, 9.17) is 17.3 Å². The molecule has 0 saturated heterocycles. The summed E-state index contributed by atoms with van der Waals surface area (Å²) in [5, 5.41) is 9.41. The van der Waals surface area contributed by atoms with Crippen LogP contribution in [-0.4, -0.2) is 17.5 Å². The lowest BCUT2D eigenvalue weighted by Crippen LogP contribution is -2.24. The molecule has 1 rings (SSSR count). The highest BCUT2D eigenvalue weighted by atomic mass is 35.5. The normalized spacial score (nSPS) is 15.5. The van der Waals surface area contributed by atoms with Crippen molar-refractivity contribution in [1.82, 2.24) is 0 Å². The third kappa shape index (κ3) is 4.07. The number of rotatable bonds is 3. The molecule has 1 aromatic carbocycles. The lowest BCUT2D eigenvalue weighted by atomic mass is 10.0. The van der Waals surface area contributed by atoms with Gasteiger partial charge in [-0.05, 0) is 24.6 Å². The first-order chi connectivity index (χ1) is 7.70. The largest absolute Gasteiger partial charge is 0.573 e. The molecule has 0 saturated carbocycles. The average Bonchev–Trinajstić information content (AvgIpc) is 2.18. The van der Waals surface area contributed by atoms with Crippen molar-refractivity contribution in [3.63, 3.8) is 0 Å². The van der Waals surface area contributed by atoms with Crippen molar-refractivity contribution < 1.29 is 23.0 Å². The number of ether oxygens (including phenoxy) is 1. The molecular formula is C10H11ClF3NO2. The van der Waals surface area contributed by atoms with Crippen LogP contribution in [0.1, 0.15) is 18.6 Å². The SMILES string of the molecule is C[C@@H](N)[C@@H](O)c1ccc(Cl)c(OC(F)(F)F)c1. The van der Waals surface area contributed by atoms with Gasteiger partial charge in [0.05, 0.1) is 11.1 Å². The fourth-order valence-electron chi connectivity index (χ4n) is 1.21. The quantitative estimate of drug-likeness (QED) is 0.887. The first-order valence-electron chi connectivity index (χ1n) is 4.69. The zero-order valence-corrected chi connectivity index (χ0v) is 9.59. The Morgan fingerprint density at radius 3 is 2.47 bits per heavy atom. The highest BCUT2D eigenvalue weighted by Crippen LogP contribution is 2.32. The monoisotopic (exact) mass is 269 g/mol. The molecule has 0 fully saturated rings. The predicted molar refractivity (Wildman–Crippen MR) is 56.7 cm³/mol. The van der Waals surface area contributed by atoms with Gasteiger partial charge in [-0.3, -0.25) is 0 Å². The highest BCUT2D eigenvalue weighted by Gasteiger charge is 2.32. The van der Waals surface area contributed by atoms with E-state index < -0.39 is 24.3 Å². The third-order valence-corrected chi connectivity index (χ3v) is 2.33. The summed E-state index contributed by atoms with van der Waals surface area (Å²) in [6, 6.07) is 3.00. The zero-order valence-electron chi connectivity index (χ0n) is 8.83. The van der Waals surface area contributed by atoms with Gasteiger partial charge in [0, 0.05) is 6.04 Å². The molecule has 0 bridgehead atoms. The summed E-state index contributed by atoms with van der Waals surface area (Å²) >= 11 is 5.55. The third-order valence-electron chi connectivity index (χ3n) is 2.02. The van der Waals surface area contributed by atoms with Crippen molar-refractivity contribution in [2.24, 2.45) is 5.73 Å². The van der Waals surface area contributed by atoms with Crippen molar-refractivity contribution in [1.29, 1.82) is 0 Å². The van der Waals surface area contributed by atoms with Crippen LogP contribution in [0.15, 0.2) is 18.2 Å². The number of aliphatic hydroxyl groups excluding tert-OH is 1. The number of hydrogen-bond donors (Lipinski definition) is 2. The van der Waals surface area contributed by atoms with Crippen LogP contribution in [0.2, 0.25) is 5.02 Å². The van der Waals surface area contributed by atoms with Gasteiger partial charge in [0.1, 0.15) is 5.75 Å². The molecule has 0 amide bonds. The summed E-state index contributed by atoms with van der Waals surface area (Å²) in [4.78, 5) is 0. The van der Waals surface area contributed by atoms with Crippen molar-refractivity contribution in [3.05, 3.63) is 28.8 Å². The maximum atomic E-state index is 12.0. The summed E-state index contributed by atoms with van der Waals surface area (Å²) in [6.07, 6.45) is -5.91. The van der Waals surface area contributed by atoms with E-state index in [0.717, 1.165) is 6.07 Å². The Bertz CT molecular complexity index is 396. The van der Waals surface area contributed by atoms with Crippen LogP contribution < -0.4 is 10.5 Å². The fourth-order valence-corrected chi connectivity index (χ4v) is 1.37. The second-order valence-electron chi connectivity index (χ2n) is 3.54. The van der Waals surface area contributed by atoms with Crippen LogP contribution >= 0.6 is 11.6 Å². The van der Waals surface area contributed by atoms with Crippen molar-refractivity contribution in [2.75, 3.05) is 0 Å². The molecule has 17 heavy (non-hydrogen) atoms. The summed E-state index contributed by atoms with van der Waals surface area (Å²) < 4.78 is 39.9. The maximum absolute atomic E-state index is 12.0. The van der Waals surface area contributed by atoms with E-state index in [1.807, 2.05) is 0 Å². The molecule has 0 heterocycles. The Morgan fingerprint density at radius 1 is 1.41 bits per heavy atom. The van der Waals surface area contributed by atoms with Crippen LogP contribution in [0, 0.1) is 0 Å². The number of aliphatic hydroxyl groups is 1. The van der Waals surface area contributed by atoms with Crippen molar-refractivity contribution in [2.45, 2.75) is 25.4 Å². The van der Waals surface area contributed by atoms with E-state index in [1.54, 1.807) is 0 Å². The molecular weight excluding hydrogens is 259 g/mol. The molecule has 0 spiro atoms. The number of halogens is 4. The second-order valence-corrected chi connectivity index (χ2v) is 3.95. The highest BCUT2D eigenvalue weighted by molar-refractivity contribution is 6.32. The zero-order chi connectivity index (χ0) is 13.2. The van der Waals surface area contributed by atoms with Gasteiger partial charge in [0.15, 0.2) is 0 Å². The smallest absolute Gasteiger partial charge is 0.404 e. The summed E-state index contributed by atoms with van der Waals surface area (Å²) in [5.41, 5.74) is 5.65. The van der Waals surface area contributed by atoms with Gasteiger partial charge in [-0.2, -0.15) is 0 Å². The molecule has 0 aliphatic rings. The molecule has 1 aromatic rings. The summed E-state index contributed by atoms with van der Waals surface area (Å²) in [6.45, 7) is 1.53. The molecule has 0 unspecified atom stereocenters. The van der Waals surface area contributed by atoms with E-state index in [-0.39, 0.29) is 10.6 Å². The Hall–Kier alpha value is -0.980. The standard InChI is InChI=1S/C10H11ClF3NO2/c1-5(15)9(16)6-2-3-7(11)8(4-6)17-10(12,13)14/h2-5,9,16H,15H2,1H3/t5-,9-/m1/s1. The number of hydrogen-bond acceptors (Lipinski definition) is 3. The lowest BCUT2D eigenvalue weighted by molar-refractivity contribution is -0.274. The van der Waals surface area contributed by atoms with Gasteiger partial charge >= 0.3 is 6.36 Å². The van der Waals surface area contributed by atoms with Gasteiger partial charge in [0.25, 0.3) is 0 Å². The van der Waals surface area contributed by atoms with Crippen LogP contribution in [0.3, 0.4) is 0 Å².